The number of hydrogen-bond acceptors (Lipinski definition) is 4. The summed E-state index contributed by atoms with van der Waals surface area (Å²) in [5.74, 6) is 2.88. The molecule has 1 aromatic heterocycles. The lowest BCUT2D eigenvalue weighted by Gasteiger charge is -2.38. The van der Waals surface area contributed by atoms with Crippen molar-refractivity contribution in [3.05, 3.63) is 23.7 Å². The zero-order valence-electron chi connectivity index (χ0n) is 14.9. The molecule has 3 heterocycles. The Kier molecular flexibility index (Phi) is 5.61. The van der Waals surface area contributed by atoms with Gasteiger partial charge in [-0.2, -0.15) is 0 Å². The molecule has 24 heavy (non-hydrogen) atoms. The van der Waals surface area contributed by atoms with E-state index in [1.807, 2.05) is 0 Å². The van der Waals surface area contributed by atoms with E-state index in [4.69, 9.17) is 4.42 Å². The van der Waals surface area contributed by atoms with Gasteiger partial charge in [-0.15, -0.1) is 0 Å². The molecular weight excluding hydrogens is 304 g/mol. The van der Waals surface area contributed by atoms with Crippen LogP contribution in [0.2, 0.25) is 0 Å². The zero-order valence-corrected chi connectivity index (χ0v) is 14.9. The van der Waals surface area contributed by atoms with Crippen LogP contribution in [0.4, 0.5) is 0 Å². The van der Waals surface area contributed by atoms with Crippen LogP contribution in [-0.4, -0.2) is 53.1 Å². The van der Waals surface area contributed by atoms with Gasteiger partial charge in [0.25, 0.3) is 0 Å². The van der Waals surface area contributed by atoms with E-state index < -0.39 is 6.10 Å². The third-order valence-corrected chi connectivity index (χ3v) is 5.38. The molecule has 1 amide bonds. The first-order valence-corrected chi connectivity index (χ1v) is 9.35. The molecule has 0 aliphatic carbocycles. The molecule has 2 saturated heterocycles. The Morgan fingerprint density at radius 3 is 2.83 bits per heavy atom. The van der Waals surface area contributed by atoms with E-state index in [9.17, 15) is 9.90 Å². The van der Waals surface area contributed by atoms with Crippen LogP contribution in [0.15, 0.2) is 16.5 Å². The van der Waals surface area contributed by atoms with Crippen LogP contribution in [0, 0.1) is 5.92 Å². The molecule has 0 radical (unpaired) electrons. The normalized spacial score (nSPS) is 27.0. The second-order valence-corrected chi connectivity index (χ2v) is 7.40. The average Bonchev–Trinajstić information content (AvgIpc) is 3.19. The van der Waals surface area contributed by atoms with E-state index in [-0.39, 0.29) is 11.9 Å². The maximum Gasteiger partial charge on any atom is 0.222 e. The minimum atomic E-state index is -0.497. The first kappa shape index (κ1) is 17.5. The molecular formula is C19H30N2O3. The minimum Gasteiger partial charge on any atom is -0.464 e. The van der Waals surface area contributed by atoms with Crippen molar-refractivity contribution in [2.75, 3.05) is 26.2 Å². The highest BCUT2D eigenvalue weighted by Gasteiger charge is 2.32. The minimum absolute atomic E-state index is 0.177. The van der Waals surface area contributed by atoms with Gasteiger partial charge >= 0.3 is 0 Å². The molecule has 0 spiro atoms. The lowest BCUT2D eigenvalue weighted by molar-refractivity contribution is -0.129. The van der Waals surface area contributed by atoms with Gasteiger partial charge in [-0.25, -0.2) is 0 Å². The van der Waals surface area contributed by atoms with Gasteiger partial charge < -0.3 is 14.4 Å². The van der Waals surface area contributed by atoms with Crippen molar-refractivity contribution < 1.29 is 14.3 Å². The van der Waals surface area contributed by atoms with Crippen LogP contribution in [0.5, 0.6) is 0 Å². The molecule has 1 N–H and O–H groups in total. The summed E-state index contributed by atoms with van der Waals surface area (Å²) in [6.45, 7) is 7.20. The molecule has 134 valence electrons. The van der Waals surface area contributed by atoms with Gasteiger partial charge in [0.05, 0.1) is 12.1 Å². The Balaban J connectivity index is 1.63. The van der Waals surface area contributed by atoms with E-state index in [0.29, 0.717) is 25.4 Å². The Hall–Kier alpha value is -1.33. The zero-order chi connectivity index (χ0) is 17.1. The highest BCUT2D eigenvalue weighted by atomic mass is 16.3. The molecule has 2 aliphatic heterocycles. The lowest BCUT2D eigenvalue weighted by atomic mass is 9.91. The number of aryl methyl sites for hydroxylation is 1. The molecule has 1 aromatic rings. The highest BCUT2D eigenvalue weighted by Crippen LogP contribution is 2.35. The number of rotatable bonds is 6. The number of aliphatic hydroxyl groups excluding tert-OH is 1. The van der Waals surface area contributed by atoms with Crippen molar-refractivity contribution in [1.29, 1.82) is 0 Å². The van der Waals surface area contributed by atoms with Crippen molar-refractivity contribution in [3.8, 4) is 0 Å². The van der Waals surface area contributed by atoms with E-state index in [1.165, 1.54) is 0 Å². The molecule has 0 saturated carbocycles. The maximum atomic E-state index is 11.8. The summed E-state index contributed by atoms with van der Waals surface area (Å²) in [7, 11) is 0. The van der Waals surface area contributed by atoms with Crippen molar-refractivity contribution >= 4 is 5.91 Å². The van der Waals surface area contributed by atoms with Crippen molar-refractivity contribution in [2.24, 2.45) is 5.92 Å². The van der Waals surface area contributed by atoms with Gasteiger partial charge in [-0.3, -0.25) is 9.69 Å². The van der Waals surface area contributed by atoms with Gasteiger partial charge in [-0.1, -0.05) is 13.8 Å². The van der Waals surface area contributed by atoms with Crippen molar-refractivity contribution in [1.82, 2.24) is 9.80 Å². The maximum absolute atomic E-state index is 11.8. The summed E-state index contributed by atoms with van der Waals surface area (Å²) < 4.78 is 6.00. The first-order valence-electron chi connectivity index (χ1n) is 9.35. The summed E-state index contributed by atoms with van der Waals surface area (Å²) in [5.41, 5.74) is 0. The lowest BCUT2D eigenvalue weighted by Crippen LogP contribution is -2.44. The van der Waals surface area contributed by atoms with Crippen LogP contribution in [0.3, 0.4) is 0 Å². The molecule has 2 aliphatic rings. The molecule has 3 rings (SSSR count). The quantitative estimate of drug-likeness (QED) is 0.869. The van der Waals surface area contributed by atoms with Crippen molar-refractivity contribution in [3.63, 3.8) is 0 Å². The number of likely N-dealkylation sites (tertiary alicyclic amines) is 2. The largest absolute Gasteiger partial charge is 0.464 e. The summed E-state index contributed by atoms with van der Waals surface area (Å²) in [5, 5.41) is 10.5. The van der Waals surface area contributed by atoms with Crippen molar-refractivity contribution in [2.45, 2.75) is 58.1 Å². The summed E-state index contributed by atoms with van der Waals surface area (Å²) in [4.78, 5) is 15.9. The molecule has 0 bridgehead atoms. The monoisotopic (exact) mass is 334 g/mol. The number of furan rings is 1. The second-order valence-electron chi connectivity index (χ2n) is 7.40. The first-order chi connectivity index (χ1) is 11.6. The summed E-state index contributed by atoms with van der Waals surface area (Å²) in [6.07, 6.45) is 4.16. The predicted octanol–water partition coefficient (Wildman–Crippen LogP) is 2.60. The second kappa shape index (κ2) is 7.70. The van der Waals surface area contributed by atoms with Crippen LogP contribution in [0.25, 0.3) is 0 Å². The standard InChI is InChI=1S/C19H30N2O3/c1-3-16-6-7-18(24-16)17-11-14(2)8-10-20(17)12-15(22)13-21-9-4-5-19(21)23/h6-7,14-15,17,22H,3-5,8-13H2,1-2H3. The summed E-state index contributed by atoms with van der Waals surface area (Å²) >= 11 is 0. The number of piperidine rings is 1. The fourth-order valence-electron chi connectivity index (χ4n) is 3.95. The molecule has 5 nitrogen and oxygen atoms in total. The Labute approximate surface area is 144 Å². The van der Waals surface area contributed by atoms with Crippen LogP contribution in [-0.2, 0) is 11.2 Å². The number of amides is 1. The van der Waals surface area contributed by atoms with Crippen LogP contribution < -0.4 is 0 Å². The fraction of sp³-hybridized carbons (Fsp3) is 0.737. The SMILES string of the molecule is CCc1ccc(C2CC(C)CCN2CC(O)CN2CCCC2=O)o1. The highest BCUT2D eigenvalue weighted by molar-refractivity contribution is 5.78. The van der Waals surface area contributed by atoms with E-state index >= 15 is 0 Å². The average molecular weight is 334 g/mol. The number of β-amino-alcohol motifs (C(OH)–C–C–N with tert-alkyl or cyclic N) is 1. The smallest absolute Gasteiger partial charge is 0.222 e. The number of nitrogens with zero attached hydrogens (tertiary/aromatic N) is 2. The number of hydrogen-bond donors (Lipinski definition) is 1. The van der Waals surface area contributed by atoms with E-state index in [1.54, 1.807) is 4.90 Å². The third-order valence-electron chi connectivity index (χ3n) is 5.38. The molecule has 3 unspecified atom stereocenters. The fourth-order valence-corrected chi connectivity index (χ4v) is 3.95. The Bertz CT molecular complexity index is 557. The topological polar surface area (TPSA) is 56.9 Å². The molecule has 0 aromatic carbocycles. The van der Waals surface area contributed by atoms with Gasteiger partial charge in [-0.05, 0) is 43.9 Å². The number of carbonyl (C=O) groups is 1. The molecule has 2 fully saturated rings. The van der Waals surface area contributed by atoms with Gasteiger partial charge in [0.2, 0.25) is 5.91 Å². The summed E-state index contributed by atoms with van der Waals surface area (Å²) in [6, 6.07) is 4.38. The molecule has 3 atom stereocenters. The Morgan fingerprint density at radius 1 is 1.33 bits per heavy atom. The van der Waals surface area contributed by atoms with Crippen LogP contribution >= 0.6 is 0 Å². The number of aliphatic hydroxyl groups is 1. The van der Waals surface area contributed by atoms with Crippen LogP contribution in [0.1, 0.15) is 57.1 Å². The van der Waals surface area contributed by atoms with Gasteiger partial charge in [0.15, 0.2) is 0 Å². The number of carbonyl (C=O) groups excluding carboxylic acids is 1. The molecule has 5 heteroatoms. The van der Waals surface area contributed by atoms with E-state index in [2.05, 4.69) is 30.9 Å². The third kappa shape index (κ3) is 4.01. The predicted molar refractivity (Wildman–Crippen MR) is 92.6 cm³/mol. The van der Waals surface area contributed by atoms with Gasteiger partial charge in [0.1, 0.15) is 11.5 Å². The van der Waals surface area contributed by atoms with E-state index in [0.717, 1.165) is 50.3 Å². The van der Waals surface area contributed by atoms with Gasteiger partial charge in [0, 0.05) is 32.5 Å². The Morgan fingerprint density at radius 2 is 2.17 bits per heavy atom.